The Hall–Kier alpha value is -3.92. The number of aromatic amines is 1. The van der Waals surface area contributed by atoms with E-state index in [1.54, 1.807) is 18.2 Å². The monoisotopic (exact) mass is 644 g/mol. The van der Waals surface area contributed by atoms with Crippen LogP contribution in [-0.4, -0.2) is 85.1 Å². The van der Waals surface area contributed by atoms with Crippen LogP contribution in [-0.2, 0) is 32.5 Å². The number of halogens is 2. The predicted molar refractivity (Wildman–Crippen MR) is 159 cm³/mol. The molecular weight excluding hydrogens is 610 g/mol. The van der Waals surface area contributed by atoms with Crippen molar-refractivity contribution in [1.29, 1.82) is 0 Å². The number of carbonyl (C=O) groups is 2. The number of ether oxygens (including phenoxy) is 2. The number of anilines is 2. The molecule has 0 spiro atoms. The van der Waals surface area contributed by atoms with Crippen LogP contribution in [0.5, 0.6) is 5.75 Å². The molecule has 0 radical (unpaired) electrons. The van der Waals surface area contributed by atoms with E-state index in [1.807, 2.05) is 0 Å². The van der Waals surface area contributed by atoms with Crippen LogP contribution in [0.4, 0.5) is 20.3 Å². The SMILES string of the molecule is CN1CCC(Oc2ccc(C(=O)Nc3n[nH]c4c3CN(S(=O)(=O)c3cc(F)cc(F)c3)CC4)c(NC(=O)[C@@H]3CCCO3)c2)CC1. The molecule has 2 saturated heterocycles. The number of hydrogen-bond donors (Lipinski definition) is 3. The van der Waals surface area contributed by atoms with Gasteiger partial charge in [-0.05, 0) is 57.0 Å². The van der Waals surface area contributed by atoms with Gasteiger partial charge in [0.2, 0.25) is 10.0 Å². The molecule has 12 nitrogen and oxygen atoms in total. The fourth-order valence-corrected chi connectivity index (χ4v) is 7.22. The van der Waals surface area contributed by atoms with E-state index in [-0.39, 0.29) is 48.6 Å². The predicted octanol–water partition coefficient (Wildman–Crippen LogP) is 3.28. The van der Waals surface area contributed by atoms with Crippen molar-refractivity contribution in [2.45, 2.75) is 55.8 Å². The minimum absolute atomic E-state index is 0.00117. The molecule has 0 saturated carbocycles. The van der Waals surface area contributed by atoms with Gasteiger partial charge in [0.1, 0.15) is 29.6 Å². The average Bonchev–Trinajstić information content (AvgIpc) is 3.69. The number of piperidine rings is 1. The van der Waals surface area contributed by atoms with Gasteiger partial charge in [0, 0.05) is 62.6 Å². The summed E-state index contributed by atoms with van der Waals surface area (Å²) in [6, 6.07) is 6.96. The number of nitrogens with one attached hydrogen (secondary N) is 3. The molecule has 15 heteroatoms. The Morgan fingerprint density at radius 1 is 1.04 bits per heavy atom. The number of rotatable bonds is 8. The van der Waals surface area contributed by atoms with Crippen molar-refractivity contribution in [3.63, 3.8) is 0 Å². The second-order valence-electron chi connectivity index (χ2n) is 11.5. The maximum absolute atomic E-state index is 13.8. The lowest BCUT2D eigenvalue weighted by atomic mass is 10.1. The number of hydrogen-bond acceptors (Lipinski definition) is 8. The van der Waals surface area contributed by atoms with E-state index in [1.165, 1.54) is 0 Å². The zero-order valence-corrected chi connectivity index (χ0v) is 25.5. The average molecular weight is 645 g/mol. The molecule has 3 aliphatic heterocycles. The number of nitrogens with zero attached hydrogens (tertiary/aromatic N) is 3. The Balaban J connectivity index is 1.22. The number of likely N-dealkylation sites (tertiary alicyclic amines) is 1. The van der Waals surface area contributed by atoms with Gasteiger partial charge in [-0.15, -0.1) is 0 Å². The molecule has 1 aromatic heterocycles. The highest BCUT2D eigenvalue weighted by molar-refractivity contribution is 7.89. The normalized spacial score (nSPS) is 19.7. The number of amides is 2. The van der Waals surface area contributed by atoms with E-state index in [0.717, 1.165) is 48.8 Å². The van der Waals surface area contributed by atoms with Gasteiger partial charge in [-0.2, -0.15) is 9.40 Å². The number of carbonyl (C=O) groups excluding carboxylic acids is 2. The second-order valence-corrected chi connectivity index (χ2v) is 13.4. The molecular formula is C30H34F2N6O6S. The minimum Gasteiger partial charge on any atom is -0.490 e. The molecule has 45 heavy (non-hydrogen) atoms. The molecule has 3 aliphatic rings. The standard InChI is InChI=1S/C30H34F2N6O6S/c1-37-9-6-20(7-10-37)44-21-4-5-23(26(16-21)33-30(40)27-3-2-12-43-27)29(39)34-28-24-17-38(11-8-25(24)35-36-28)45(41,42)22-14-18(31)13-19(32)15-22/h4-5,13-16,20,27H,2-3,6-12,17H2,1H3,(H,33,40)(H2,34,35,36,39)/t27-/m0/s1. The summed E-state index contributed by atoms with van der Waals surface area (Å²) in [5.74, 6) is -2.37. The molecule has 0 aliphatic carbocycles. The Labute approximate surface area is 259 Å². The molecule has 0 unspecified atom stereocenters. The highest BCUT2D eigenvalue weighted by Crippen LogP contribution is 2.31. The summed E-state index contributed by atoms with van der Waals surface area (Å²) in [6.45, 7) is 2.14. The van der Waals surface area contributed by atoms with E-state index in [2.05, 4.69) is 32.8 Å². The van der Waals surface area contributed by atoms with Crippen LogP contribution in [0.15, 0.2) is 41.3 Å². The first kappa shape index (κ1) is 31.1. The summed E-state index contributed by atoms with van der Waals surface area (Å²) in [5.41, 5.74) is 1.42. The first-order chi connectivity index (χ1) is 21.6. The second kappa shape index (κ2) is 12.8. The van der Waals surface area contributed by atoms with Crippen LogP contribution in [0, 0.1) is 11.6 Å². The lowest BCUT2D eigenvalue weighted by molar-refractivity contribution is -0.124. The number of aromatic nitrogens is 2. The van der Waals surface area contributed by atoms with Gasteiger partial charge in [-0.3, -0.25) is 14.7 Å². The Morgan fingerprint density at radius 2 is 1.80 bits per heavy atom. The lowest BCUT2D eigenvalue weighted by Gasteiger charge is -2.29. The van der Waals surface area contributed by atoms with Gasteiger partial charge in [0.05, 0.1) is 16.1 Å². The summed E-state index contributed by atoms with van der Waals surface area (Å²) < 4.78 is 66.9. The van der Waals surface area contributed by atoms with Crippen LogP contribution < -0.4 is 15.4 Å². The quantitative estimate of drug-likeness (QED) is 0.339. The summed E-state index contributed by atoms with van der Waals surface area (Å²) in [6.07, 6.45) is 2.64. The number of sulfonamides is 1. The summed E-state index contributed by atoms with van der Waals surface area (Å²) >= 11 is 0. The summed E-state index contributed by atoms with van der Waals surface area (Å²) in [4.78, 5) is 28.3. The smallest absolute Gasteiger partial charge is 0.258 e. The third-order valence-electron chi connectivity index (χ3n) is 8.29. The van der Waals surface area contributed by atoms with Crippen LogP contribution in [0.25, 0.3) is 0 Å². The Morgan fingerprint density at radius 3 is 2.51 bits per heavy atom. The molecule has 2 fully saturated rings. The molecule has 3 N–H and O–H groups in total. The first-order valence-corrected chi connectivity index (χ1v) is 16.3. The highest BCUT2D eigenvalue weighted by Gasteiger charge is 2.33. The van der Waals surface area contributed by atoms with Crippen LogP contribution in [0.2, 0.25) is 0 Å². The van der Waals surface area contributed by atoms with Crippen molar-refractivity contribution in [3.05, 3.63) is 64.9 Å². The van der Waals surface area contributed by atoms with Crippen molar-refractivity contribution in [1.82, 2.24) is 19.4 Å². The zero-order valence-electron chi connectivity index (χ0n) is 24.6. The van der Waals surface area contributed by atoms with Crippen molar-refractivity contribution in [2.24, 2.45) is 0 Å². The zero-order chi connectivity index (χ0) is 31.7. The van der Waals surface area contributed by atoms with Gasteiger partial charge in [-0.25, -0.2) is 17.2 Å². The molecule has 2 amide bonds. The molecule has 1 atom stereocenters. The van der Waals surface area contributed by atoms with Crippen molar-refractivity contribution >= 4 is 33.3 Å². The molecule has 240 valence electrons. The van der Waals surface area contributed by atoms with Crippen molar-refractivity contribution < 1.29 is 36.3 Å². The number of benzene rings is 2. The largest absolute Gasteiger partial charge is 0.490 e. The van der Waals surface area contributed by atoms with Crippen molar-refractivity contribution in [2.75, 3.05) is 43.9 Å². The number of H-pyrrole nitrogens is 1. The van der Waals surface area contributed by atoms with E-state index in [0.29, 0.717) is 36.1 Å². The third-order valence-corrected chi connectivity index (χ3v) is 10.1. The maximum atomic E-state index is 13.8. The Kier molecular flexibility index (Phi) is 8.86. The van der Waals surface area contributed by atoms with Crippen LogP contribution in [0.3, 0.4) is 0 Å². The molecule has 3 aromatic rings. The third kappa shape index (κ3) is 6.85. The maximum Gasteiger partial charge on any atom is 0.258 e. The van der Waals surface area contributed by atoms with Gasteiger partial charge in [-0.1, -0.05) is 0 Å². The van der Waals surface area contributed by atoms with Crippen LogP contribution in [0.1, 0.15) is 47.3 Å². The van der Waals surface area contributed by atoms with E-state index >= 15 is 0 Å². The topological polar surface area (TPSA) is 146 Å². The first-order valence-electron chi connectivity index (χ1n) is 14.8. The van der Waals surface area contributed by atoms with Crippen molar-refractivity contribution in [3.8, 4) is 5.75 Å². The molecule has 2 aromatic carbocycles. The fraction of sp³-hybridized carbons (Fsp3) is 0.433. The van der Waals surface area contributed by atoms with E-state index in [9.17, 15) is 26.8 Å². The minimum atomic E-state index is -4.25. The van der Waals surface area contributed by atoms with Gasteiger partial charge >= 0.3 is 0 Å². The van der Waals surface area contributed by atoms with E-state index < -0.39 is 38.6 Å². The molecule has 0 bridgehead atoms. The Bertz CT molecular complexity index is 1680. The van der Waals surface area contributed by atoms with Gasteiger partial charge in [0.25, 0.3) is 11.8 Å². The highest BCUT2D eigenvalue weighted by atomic mass is 32.2. The van der Waals surface area contributed by atoms with E-state index in [4.69, 9.17) is 9.47 Å². The van der Waals surface area contributed by atoms with Gasteiger partial charge < -0.3 is 25.0 Å². The lowest BCUT2D eigenvalue weighted by Crippen LogP contribution is -2.36. The summed E-state index contributed by atoms with van der Waals surface area (Å²) in [5, 5.41) is 12.6. The molecule has 4 heterocycles. The fourth-order valence-electron chi connectivity index (χ4n) is 5.77. The molecule has 6 rings (SSSR count). The number of fused-ring (bicyclic) bond motifs is 1. The summed E-state index contributed by atoms with van der Waals surface area (Å²) in [7, 11) is -2.19. The van der Waals surface area contributed by atoms with Gasteiger partial charge in [0.15, 0.2) is 5.82 Å². The van der Waals surface area contributed by atoms with Crippen LogP contribution >= 0.6 is 0 Å².